The van der Waals surface area contributed by atoms with Crippen LogP contribution in [0.3, 0.4) is 0 Å². The average molecular weight is 288 g/mol. The van der Waals surface area contributed by atoms with Gasteiger partial charge in [0.15, 0.2) is 0 Å². The maximum absolute atomic E-state index is 12.0. The Morgan fingerprint density at radius 3 is 2.57 bits per heavy atom. The van der Waals surface area contributed by atoms with Gasteiger partial charge in [-0.15, -0.1) is 0 Å². The minimum Gasteiger partial charge on any atom is -0.497 e. The van der Waals surface area contributed by atoms with Gasteiger partial charge < -0.3 is 4.74 Å². The van der Waals surface area contributed by atoms with Crippen molar-refractivity contribution in [3.05, 3.63) is 29.3 Å². The average Bonchev–Trinajstić information content (AvgIpc) is 2.94. The minimum absolute atomic E-state index is 0.104. The predicted molar refractivity (Wildman–Crippen MR) is 87.0 cm³/mol. The number of rotatable bonds is 7. The summed E-state index contributed by atoms with van der Waals surface area (Å²) in [6.45, 7) is 4.53. The Kier molecular flexibility index (Phi) is 5.84. The first kappa shape index (κ1) is 16.1. The molecule has 0 bridgehead atoms. The Hall–Kier alpha value is -1.31. The molecule has 1 unspecified atom stereocenters. The van der Waals surface area contributed by atoms with E-state index in [4.69, 9.17) is 4.74 Å². The van der Waals surface area contributed by atoms with Gasteiger partial charge in [0.05, 0.1) is 7.11 Å². The van der Waals surface area contributed by atoms with Crippen LogP contribution in [0.5, 0.6) is 5.75 Å². The first-order valence-electron chi connectivity index (χ1n) is 8.38. The van der Waals surface area contributed by atoms with Crippen LogP contribution in [0.25, 0.3) is 0 Å². The molecule has 2 rings (SSSR count). The highest BCUT2D eigenvalue weighted by Crippen LogP contribution is 2.34. The summed E-state index contributed by atoms with van der Waals surface area (Å²) in [5, 5.41) is 0. The quantitative estimate of drug-likeness (QED) is 0.713. The van der Waals surface area contributed by atoms with E-state index < -0.39 is 0 Å². The third-order valence-electron chi connectivity index (χ3n) is 4.93. The Morgan fingerprint density at radius 1 is 1.24 bits per heavy atom. The van der Waals surface area contributed by atoms with Crippen LogP contribution < -0.4 is 4.74 Å². The summed E-state index contributed by atoms with van der Waals surface area (Å²) in [6, 6.07) is 6.42. The molecule has 2 heteroatoms. The molecule has 1 aliphatic carbocycles. The number of ketones is 1. The summed E-state index contributed by atoms with van der Waals surface area (Å²) >= 11 is 0. The number of ether oxygens (including phenoxy) is 1. The lowest BCUT2D eigenvalue weighted by Crippen LogP contribution is -2.06. The van der Waals surface area contributed by atoms with Gasteiger partial charge in [-0.25, -0.2) is 0 Å². The molecule has 1 aromatic rings. The highest BCUT2D eigenvalue weighted by atomic mass is 16.5. The lowest BCUT2D eigenvalue weighted by atomic mass is 9.91. The molecule has 0 aromatic heterocycles. The van der Waals surface area contributed by atoms with Crippen LogP contribution in [-0.2, 0) is 11.2 Å². The molecule has 0 amide bonds. The summed E-state index contributed by atoms with van der Waals surface area (Å²) in [5.74, 6) is 2.20. The van der Waals surface area contributed by atoms with Crippen molar-refractivity contribution in [3.8, 4) is 5.75 Å². The van der Waals surface area contributed by atoms with Crippen molar-refractivity contribution in [2.75, 3.05) is 7.11 Å². The fraction of sp³-hybridized carbons (Fsp3) is 0.632. The smallest absolute Gasteiger partial charge is 0.140 e. The number of aryl methyl sites for hydroxylation is 1. The Morgan fingerprint density at radius 2 is 2.00 bits per heavy atom. The van der Waals surface area contributed by atoms with Gasteiger partial charge in [-0.3, -0.25) is 4.79 Å². The number of Topliss-reactive ketones (excluding diaryl/α,β-unsaturated/α-hetero) is 1. The Balaban J connectivity index is 2.15. The molecular weight excluding hydrogens is 260 g/mol. The molecule has 1 saturated carbocycles. The molecule has 116 valence electrons. The molecule has 0 saturated heterocycles. The van der Waals surface area contributed by atoms with E-state index in [1.165, 1.54) is 24.8 Å². The number of hydrogen-bond acceptors (Lipinski definition) is 2. The van der Waals surface area contributed by atoms with Crippen molar-refractivity contribution in [3.63, 3.8) is 0 Å². The predicted octanol–water partition coefficient (Wildman–Crippen LogP) is 4.90. The van der Waals surface area contributed by atoms with Crippen molar-refractivity contribution < 1.29 is 9.53 Å². The molecule has 2 nitrogen and oxygen atoms in total. The fourth-order valence-electron chi connectivity index (χ4n) is 3.39. The Bertz CT molecular complexity index is 474. The second-order valence-electron chi connectivity index (χ2n) is 6.25. The summed E-state index contributed by atoms with van der Waals surface area (Å²) in [6.07, 6.45) is 7.56. The third kappa shape index (κ3) is 4.09. The summed E-state index contributed by atoms with van der Waals surface area (Å²) in [5.41, 5.74) is 2.48. The van der Waals surface area contributed by atoms with E-state index in [2.05, 4.69) is 32.0 Å². The number of hydrogen-bond donors (Lipinski definition) is 0. The van der Waals surface area contributed by atoms with Crippen molar-refractivity contribution in [1.29, 1.82) is 0 Å². The summed E-state index contributed by atoms with van der Waals surface area (Å²) < 4.78 is 5.44. The molecule has 1 aromatic carbocycles. The van der Waals surface area contributed by atoms with Gasteiger partial charge in [-0.05, 0) is 54.9 Å². The van der Waals surface area contributed by atoms with Crippen LogP contribution in [-0.4, -0.2) is 12.9 Å². The topological polar surface area (TPSA) is 26.3 Å². The number of carbonyl (C=O) groups excluding carboxylic acids is 1. The number of methoxy groups -OCH3 is 1. The summed E-state index contributed by atoms with van der Waals surface area (Å²) in [4.78, 5) is 12.0. The zero-order valence-electron chi connectivity index (χ0n) is 13.7. The van der Waals surface area contributed by atoms with Crippen molar-refractivity contribution in [2.24, 2.45) is 5.92 Å². The van der Waals surface area contributed by atoms with Crippen LogP contribution in [0.4, 0.5) is 0 Å². The molecule has 1 aliphatic rings. The zero-order chi connectivity index (χ0) is 15.2. The lowest BCUT2D eigenvalue weighted by Gasteiger charge is -2.15. The van der Waals surface area contributed by atoms with E-state index in [-0.39, 0.29) is 5.92 Å². The van der Waals surface area contributed by atoms with Gasteiger partial charge in [-0.2, -0.15) is 0 Å². The molecule has 1 fully saturated rings. The molecule has 0 N–H and O–H groups in total. The van der Waals surface area contributed by atoms with Crippen molar-refractivity contribution >= 4 is 5.78 Å². The first-order valence-corrected chi connectivity index (χ1v) is 8.38. The third-order valence-corrected chi connectivity index (χ3v) is 4.93. The van der Waals surface area contributed by atoms with Crippen LogP contribution in [0, 0.1) is 5.92 Å². The van der Waals surface area contributed by atoms with Crippen LogP contribution in [0.15, 0.2) is 18.2 Å². The van der Waals surface area contributed by atoms with Gasteiger partial charge in [0, 0.05) is 12.3 Å². The second kappa shape index (κ2) is 7.63. The zero-order valence-corrected chi connectivity index (χ0v) is 13.7. The van der Waals surface area contributed by atoms with E-state index in [9.17, 15) is 4.79 Å². The SMILES string of the molecule is CCC(CC)CCc1cc(OC)cc(C2CCCC2=O)c1. The number of carbonyl (C=O) groups is 1. The highest BCUT2D eigenvalue weighted by Gasteiger charge is 2.26. The molecular formula is C19H28O2. The highest BCUT2D eigenvalue weighted by molar-refractivity contribution is 5.87. The van der Waals surface area contributed by atoms with Gasteiger partial charge in [0.1, 0.15) is 11.5 Å². The van der Waals surface area contributed by atoms with Crippen LogP contribution in [0.1, 0.15) is 69.4 Å². The van der Waals surface area contributed by atoms with Crippen LogP contribution >= 0.6 is 0 Å². The molecule has 0 aliphatic heterocycles. The largest absolute Gasteiger partial charge is 0.497 e. The fourth-order valence-corrected chi connectivity index (χ4v) is 3.39. The molecule has 0 radical (unpaired) electrons. The molecule has 21 heavy (non-hydrogen) atoms. The lowest BCUT2D eigenvalue weighted by molar-refractivity contribution is -0.118. The van der Waals surface area contributed by atoms with E-state index in [0.717, 1.165) is 42.9 Å². The standard InChI is InChI=1S/C19H28O2/c1-4-14(5-2)9-10-15-11-16(13-17(12-15)21-3)18-7-6-8-19(18)20/h11-14,18H,4-10H2,1-3H3. The van der Waals surface area contributed by atoms with Gasteiger partial charge in [-0.1, -0.05) is 32.8 Å². The molecule has 0 heterocycles. The van der Waals surface area contributed by atoms with Gasteiger partial charge in [0.2, 0.25) is 0 Å². The normalized spacial score (nSPS) is 18.5. The van der Waals surface area contributed by atoms with E-state index in [1.54, 1.807) is 7.11 Å². The minimum atomic E-state index is 0.104. The van der Waals surface area contributed by atoms with Gasteiger partial charge in [0.25, 0.3) is 0 Å². The van der Waals surface area contributed by atoms with E-state index >= 15 is 0 Å². The van der Waals surface area contributed by atoms with Crippen LogP contribution in [0.2, 0.25) is 0 Å². The molecule has 0 spiro atoms. The second-order valence-corrected chi connectivity index (χ2v) is 6.25. The monoisotopic (exact) mass is 288 g/mol. The molecule has 1 atom stereocenters. The van der Waals surface area contributed by atoms with Gasteiger partial charge >= 0.3 is 0 Å². The van der Waals surface area contributed by atoms with Crippen molar-refractivity contribution in [1.82, 2.24) is 0 Å². The number of benzene rings is 1. The first-order chi connectivity index (χ1) is 10.2. The van der Waals surface area contributed by atoms with E-state index in [1.807, 2.05) is 0 Å². The maximum Gasteiger partial charge on any atom is 0.140 e. The summed E-state index contributed by atoms with van der Waals surface area (Å²) in [7, 11) is 1.71. The van der Waals surface area contributed by atoms with E-state index in [0.29, 0.717) is 5.78 Å². The van der Waals surface area contributed by atoms with Crippen molar-refractivity contribution in [2.45, 2.75) is 64.7 Å². The Labute approximate surface area is 128 Å². The maximum atomic E-state index is 12.0.